The van der Waals surface area contributed by atoms with Gasteiger partial charge in [-0.1, -0.05) is 33.6 Å². The van der Waals surface area contributed by atoms with Crippen molar-refractivity contribution in [1.29, 1.82) is 0 Å². The van der Waals surface area contributed by atoms with Crippen molar-refractivity contribution in [1.82, 2.24) is 0 Å². The fourth-order valence-corrected chi connectivity index (χ4v) is 3.06. The number of rotatable bonds is 5. The lowest BCUT2D eigenvalue weighted by Crippen LogP contribution is -2.13. The molecule has 2 rings (SSSR count). The van der Waals surface area contributed by atoms with Crippen molar-refractivity contribution in [2.24, 2.45) is 0 Å². The van der Waals surface area contributed by atoms with Crippen molar-refractivity contribution in [3.63, 3.8) is 0 Å². The van der Waals surface area contributed by atoms with Crippen molar-refractivity contribution < 1.29 is 9.50 Å². The van der Waals surface area contributed by atoms with Gasteiger partial charge in [-0.15, -0.1) is 11.8 Å². The Morgan fingerprint density at radius 3 is 2.55 bits per heavy atom. The molecule has 0 saturated carbocycles. The molecule has 0 aromatic heterocycles. The first-order chi connectivity index (χ1) is 9.54. The fraction of sp³-hybridized carbons (Fsp3) is 0.200. The van der Waals surface area contributed by atoms with Gasteiger partial charge in [-0.05, 0) is 42.0 Å². The zero-order valence-electron chi connectivity index (χ0n) is 10.5. The highest BCUT2D eigenvalue weighted by Crippen LogP contribution is 2.24. The van der Waals surface area contributed by atoms with Crippen LogP contribution in [-0.2, 0) is 6.42 Å². The van der Waals surface area contributed by atoms with E-state index >= 15 is 0 Å². The number of hydrogen-bond donors (Lipinski definition) is 1. The summed E-state index contributed by atoms with van der Waals surface area (Å²) in [4.78, 5) is 1.09. The predicted molar refractivity (Wildman–Crippen MR) is 86.0 cm³/mol. The molecule has 0 aliphatic carbocycles. The Balaban J connectivity index is 1.89. The summed E-state index contributed by atoms with van der Waals surface area (Å²) in [6, 6.07) is 12.2. The number of benzene rings is 2. The average molecular weight is 376 g/mol. The Labute approximate surface area is 135 Å². The van der Waals surface area contributed by atoms with Gasteiger partial charge in [-0.2, -0.15) is 0 Å². The molecule has 0 radical (unpaired) electrons. The maximum Gasteiger partial charge on any atom is 0.124 e. The van der Waals surface area contributed by atoms with E-state index in [-0.39, 0.29) is 5.82 Å². The summed E-state index contributed by atoms with van der Waals surface area (Å²) in [5, 5.41) is 10.4. The molecule has 1 N–H and O–H groups in total. The second-order valence-corrected chi connectivity index (χ2v) is 6.77. The molecule has 1 nitrogen and oxygen atoms in total. The maximum atomic E-state index is 12.9. The minimum absolute atomic E-state index is 0.359. The minimum Gasteiger partial charge on any atom is -0.392 e. The topological polar surface area (TPSA) is 20.2 Å². The maximum absolute atomic E-state index is 12.9. The lowest BCUT2D eigenvalue weighted by molar-refractivity contribution is 0.200. The van der Waals surface area contributed by atoms with Crippen molar-refractivity contribution in [2.75, 3.05) is 5.75 Å². The molecule has 0 spiro atoms. The molecule has 1 atom stereocenters. The lowest BCUT2D eigenvalue weighted by Gasteiger charge is -2.11. The quantitative estimate of drug-likeness (QED) is 0.747. The van der Waals surface area contributed by atoms with Crippen molar-refractivity contribution >= 4 is 39.3 Å². The molecule has 1 unspecified atom stereocenters. The van der Waals surface area contributed by atoms with Crippen LogP contribution in [0.25, 0.3) is 0 Å². The molecule has 0 heterocycles. The van der Waals surface area contributed by atoms with Crippen LogP contribution < -0.4 is 0 Å². The van der Waals surface area contributed by atoms with E-state index in [0.717, 1.165) is 14.9 Å². The third-order valence-electron chi connectivity index (χ3n) is 2.73. The molecule has 0 saturated heterocycles. The Morgan fingerprint density at radius 1 is 1.20 bits per heavy atom. The van der Waals surface area contributed by atoms with E-state index in [0.29, 0.717) is 17.2 Å². The van der Waals surface area contributed by atoms with Crippen LogP contribution in [0.2, 0.25) is 5.02 Å². The third kappa shape index (κ3) is 4.77. The molecule has 0 fully saturated rings. The van der Waals surface area contributed by atoms with E-state index in [2.05, 4.69) is 15.9 Å². The molecule has 0 bridgehead atoms. The summed E-state index contributed by atoms with van der Waals surface area (Å²) >= 11 is 10.9. The summed E-state index contributed by atoms with van der Waals surface area (Å²) in [5.74, 6) is 0.201. The van der Waals surface area contributed by atoms with Crippen LogP contribution >= 0.6 is 39.3 Å². The molecule has 5 heteroatoms. The van der Waals surface area contributed by atoms with Crippen LogP contribution in [0.1, 0.15) is 5.56 Å². The third-order valence-corrected chi connectivity index (χ3v) is 4.76. The monoisotopic (exact) mass is 374 g/mol. The van der Waals surface area contributed by atoms with Gasteiger partial charge in [0.2, 0.25) is 0 Å². The second-order valence-electron chi connectivity index (χ2n) is 4.36. The van der Waals surface area contributed by atoms with E-state index in [1.807, 2.05) is 24.3 Å². The predicted octanol–water partition coefficient (Wildman–Crippen LogP) is 4.94. The lowest BCUT2D eigenvalue weighted by atomic mass is 10.1. The van der Waals surface area contributed by atoms with Gasteiger partial charge in [-0.25, -0.2) is 4.39 Å². The molecular weight excluding hydrogens is 363 g/mol. The molecule has 0 amide bonds. The molecule has 2 aromatic rings. The van der Waals surface area contributed by atoms with Gasteiger partial charge >= 0.3 is 0 Å². The molecule has 106 valence electrons. The van der Waals surface area contributed by atoms with Crippen LogP contribution in [0.3, 0.4) is 0 Å². The van der Waals surface area contributed by atoms with E-state index in [1.54, 1.807) is 17.8 Å². The first-order valence-electron chi connectivity index (χ1n) is 6.05. The number of hydrogen-bond acceptors (Lipinski definition) is 2. The molecular formula is C15H13BrClFOS. The Kier molecular flexibility index (Phi) is 5.90. The number of aliphatic hydroxyl groups excluding tert-OH is 1. The van der Waals surface area contributed by atoms with Crippen LogP contribution in [0.5, 0.6) is 0 Å². The Bertz CT molecular complexity index is 577. The van der Waals surface area contributed by atoms with Crippen LogP contribution in [-0.4, -0.2) is 17.0 Å². The molecule has 0 aliphatic heterocycles. The van der Waals surface area contributed by atoms with E-state index in [4.69, 9.17) is 11.6 Å². The van der Waals surface area contributed by atoms with Gasteiger partial charge in [0.1, 0.15) is 5.82 Å². The van der Waals surface area contributed by atoms with E-state index in [1.165, 1.54) is 12.1 Å². The number of halogens is 3. The minimum atomic E-state index is -0.522. The van der Waals surface area contributed by atoms with Crippen LogP contribution in [0.4, 0.5) is 4.39 Å². The van der Waals surface area contributed by atoms with E-state index < -0.39 is 6.10 Å². The number of thioether (sulfide) groups is 1. The smallest absolute Gasteiger partial charge is 0.124 e. The summed E-state index contributed by atoms with van der Waals surface area (Å²) < 4.78 is 14.0. The van der Waals surface area contributed by atoms with Crippen molar-refractivity contribution in [2.45, 2.75) is 17.4 Å². The summed E-state index contributed by atoms with van der Waals surface area (Å²) in [7, 11) is 0. The normalized spacial score (nSPS) is 12.4. The summed E-state index contributed by atoms with van der Waals surface area (Å²) in [6.45, 7) is 0. The van der Waals surface area contributed by atoms with Gasteiger partial charge in [-0.3, -0.25) is 0 Å². The van der Waals surface area contributed by atoms with Crippen molar-refractivity contribution in [3.05, 3.63) is 63.3 Å². The van der Waals surface area contributed by atoms with Crippen LogP contribution in [0.15, 0.2) is 51.8 Å². The average Bonchev–Trinajstić information content (AvgIpc) is 2.41. The Hall–Kier alpha value is -0.550. The van der Waals surface area contributed by atoms with E-state index in [9.17, 15) is 9.50 Å². The first kappa shape index (κ1) is 15.8. The largest absolute Gasteiger partial charge is 0.392 e. The Morgan fingerprint density at radius 2 is 1.90 bits per heavy atom. The molecule has 20 heavy (non-hydrogen) atoms. The fourth-order valence-electron chi connectivity index (χ4n) is 1.72. The standard InChI is InChI=1S/C15H13BrClFOS/c16-11-2-5-14(6-3-11)20-9-13(19)7-10-1-4-12(18)8-15(10)17/h1-6,8,13,19H,7,9H2. The number of aliphatic hydroxyl groups is 1. The zero-order chi connectivity index (χ0) is 14.5. The summed E-state index contributed by atoms with van der Waals surface area (Å²) in [6.07, 6.45) is -0.102. The van der Waals surface area contributed by atoms with Gasteiger partial charge in [0.05, 0.1) is 6.10 Å². The highest BCUT2D eigenvalue weighted by molar-refractivity contribution is 9.10. The van der Waals surface area contributed by atoms with Crippen molar-refractivity contribution in [3.8, 4) is 0 Å². The van der Waals surface area contributed by atoms with Gasteiger partial charge in [0, 0.05) is 26.6 Å². The summed E-state index contributed by atoms with van der Waals surface area (Å²) in [5.41, 5.74) is 0.761. The highest BCUT2D eigenvalue weighted by atomic mass is 79.9. The van der Waals surface area contributed by atoms with Gasteiger partial charge in [0.25, 0.3) is 0 Å². The van der Waals surface area contributed by atoms with Gasteiger partial charge in [0.15, 0.2) is 0 Å². The second kappa shape index (κ2) is 7.46. The van der Waals surface area contributed by atoms with Crippen LogP contribution in [0, 0.1) is 5.82 Å². The SMILES string of the molecule is OC(CSc1ccc(Br)cc1)Cc1ccc(F)cc1Cl. The molecule has 0 aliphatic rings. The van der Waals surface area contributed by atoms with Gasteiger partial charge < -0.3 is 5.11 Å². The molecule has 2 aromatic carbocycles. The highest BCUT2D eigenvalue weighted by Gasteiger charge is 2.10. The zero-order valence-corrected chi connectivity index (χ0v) is 13.7. The first-order valence-corrected chi connectivity index (χ1v) is 8.20.